The van der Waals surface area contributed by atoms with Crippen molar-refractivity contribution < 1.29 is 9.53 Å². The maximum absolute atomic E-state index is 11.5. The molecule has 0 saturated heterocycles. The highest BCUT2D eigenvalue weighted by atomic mass is 35.5. The summed E-state index contributed by atoms with van der Waals surface area (Å²) in [6.45, 7) is 4.50. The van der Waals surface area contributed by atoms with Crippen LogP contribution in [-0.4, -0.2) is 19.7 Å². The Labute approximate surface area is 106 Å². The number of ether oxygens (including phenoxy) is 1. The minimum Gasteiger partial charge on any atom is -0.494 e. The lowest BCUT2D eigenvalue weighted by Gasteiger charge is -2.13. The Morgan fingerprint density at radius 3 is 2.76 bits per heavy atom. The normalized spacial score (nSPS) is 9.88. The minimum absolute atomic E-state index is 0.258. The van der Waals surface area contributed by atoms with Gasteiger partial charge in [-0.3, -0.25) is 0 Å². The summed E-state index contributed by atoms with van der Waals surface area (Å²) in [7, 11) is 1.56. The van der Waals surface area contributed by atoms with Gasteiger partial charge in [-0.25, -0.2) is 4.79 Å². The third-order valence-corrected chi connectivity index (χ3v) is 2.45. The van der Waals surface area contributed by atoms with Gasteiger partial charge in [0.05, 0.1) is 12.8 Å². The molecule has 1 aromatic rings. The molecule has 2 amide bonds. The number of anilines is 1. The number of halogens is 1. The molecule has 0 saturated carbocycles. The topological polar surface area (TPSA) is 50.4 Å². The molecule has 0 radical (unpaired) electrons. The lowest BCUT2D eigenvalue weighted by molar-refractivity contribution is 0.252. The molecule has 0 aromatic heterocycles. The number of amides is 2. The van der Waals surface area contributed by atoms with Crippen molar-refractivity contribution in [3.05, 3.63) is 22.7 Å². The number of carbonyl (C=O) groups is 1. The molecule has 0 aliphatic heterocycles. The van der Waals surface area contributed by atoms with Gasteiger partial charge in [-0.05, 0) is 31.0 Å². The van der Waals surface area contributed by atoms with Crippen LogP contribution in [0, 0.1) is 6.92 Å². The van der Waals surface area contributed by atoms with Crippen LogP contribution in [0.25, 0.3) is 0 Å². The van der Waals surface area contributed by atoms with E-state index in [1.807, 2.05) is 13.8 Å². The Morgan fingerprint density at radius 1 is 1.47 bits per heavy atom. The van der Waals surface area contributed by atoms with Crippen LogP contribution in [-0.2, 0) is 0 Å². The average molecular weight is 257 g/mol. The first-order chi connectivity index (χ1) is 8.08. The number of nitrogens with one attached hydrogen (secondary N) is 2. The highest BCUT2D eigenvalue weighted by Crippen LogP contribution is 2.31. The molecular formula is C12H17ClN2O2. The van der Waals surface area contributed by atoms with E-state index in [9.17, 15) is 4.79 Å². The maximum Gasteiger partial charge on any atom is 0.319 e. The van der Waals surface area contributed by atoms with Crippen LogP contribution in [0.3, 0.4) is 0 Å². The van der Waals surface area contributed by atoms with Crippen molar-refractivity contribution in [1.82, 2.24) is 5.32 Å². The summed E-state index contributed by atoms with van der Waals surface area (Å²) in [5.74, 6) is 0.626. The first kappa shape index (κ1) is 13.6. The van der Waals surface area contributed by atoms with Crippen LogP contribution in [0.2, 0.25) is 5.02 Å². The molecule has 0 atom stereocenters. The van der Waals surface area contributed by atoms with Gasteiger partial charge >= 0.3 is 6.03 Å². The van der Waals surface area contributed by atoms with Crippen LogP contribution in [0.1, 0.15) is 18.9 Å². The van der Waals surface area contributed by atoms with Gasteiger partial charge in [-0.15, -0.1) is 0 Å². The Bertz CT molecular complexity index is 408. The molecule has 0 aliphatic rings. The Kier molecular flexibility index (Phi) is 5.10. The Hall–Kier alpha value is -1.42. The van der Waals surface area contributed by atoms with Gasteiger partial charge in [0, 0.05) is 11.6 Å². The van der Waals surface area contributed by atoms with Gasteiger partial charge in [0.15, 0.2) is 0 Å². The van der Waals surface area contributed by atoms with Crippen LogP contribution >= 0.6 is 11.6 Å². The van der Waals surface area contributed by atoms with Crippen molar-refractivity contribution in [3.63, 3.8) is 0 Å². The zero-order valence-corrected chi connectivity index (χ0v) is 11.0. The number of benzene rings is 1. The average Bonchev–Trinajstić information content (AvgIpc) is 2.25. The summed E-state index contributed by atoms with van der Waals surface area (Å²) >= 11 is 5.94. The molecule has 0 aliphatic carbocycles. The molecule has 0 fully saturated rings. The van der Waals surface area contributed by atoms with Crippen LogP contribution in [0.15, 0.2) is 12.1 Å². The van der Waals surface area contributed by atoms with Gasteiger partial charge in [0.2, 0.25) is 0 Å². The van der Waals surface area contributed by atoms with E-state index in [1.54, 1.807) is 19.2 Å². The fourth-order valence-electron chi connectivity index (χ4n) is 1.50. The van der Waals surface area contributed by atoms with E-state index in [0.29, 0.717) is 23.0 Å². The van der Waals surface area contributed by atoms with Crippen LogP contribution in [0.4, 0.5) is 10.5 Å². The van der Waals surface area contributed by atoms with Crippen molar-refractivity contribution in [1.29, 1.82) is 0 Å². The summed E-state index contributed by atoms with van der Waals surface area (Å²) in [5, 5.41) is 6.00. The zero-order valence-electron chi connectivity index (χ0n) is 10.3. The highest BCUT2D eigenvalue weighted by Gasteiger charge is 2.10. The first-order valence-electron chi connectivity index (χ1n) is 5.47. The van der Waals surface area contributed by atoms with E-state index >= 15 is 0 Å². The smallest absolute Gasteiger partial charge is 0.319 e. The van der Waals surface area contributed by atoms with Crippen molar-refractivity contribution in [2.75, 3.05) is 19.0 Å². The van der Waals surface area contributed by atoms with E-state index in [4.69, 9.17) is 16.3 Å². The fraction of sp³-hybridized carbons (Fsp3) is 0.417. The summed E-state index contributed by atoms with van der Waals surface area (Å²) in [5.41, 5.74) is 1.46. The SMILES string of the molecule is CCCNC(=O)Nc1cc(Cl)cc(C)c1OC. The van der Waals surface area contributed by atoms with Crippen molar-refractivity contribution >= 4 is 23.3 Å². The van der Waals surface area contributed by atoms with Gasteiger partial charge in [0.1, 0.15) is 5.75 Å². The number of urea groups is 1. The predicted octanol–water partition coefficient (Wildman–Crippen LogP) is 3.19. The van der Waals surface area contributed by atoms with Gasteiger partial charge in [-0.2, -0.15) is 0 Å². The number of methoxy groups -OCH3 is 1. The molecular weight excluding hydrogens is 240 g/mol. The van der Waals surface area contributed by atoms with E-state index < -0.39 is 0 Å². The van der Waals surface area contributed by atoms with Crippen molar-refractivity contribution in [2.45, 2.75) is 20.3 Å². The summed E-state index contributed by atoms with van der Waals surface area (Å²) in [4.78, 5) is 11.5. The number of hydrogen-bond acceptors (Lipinski definition) is 2. The Morgan fingerprint density at radius 2 is 2.18 bits per heavy atom. The second kappa shape index (κ2) is 6.35. The van der Waals surface area contributed by atoms with Gasteiger partial charge < -0.3 is 15.4 Å². The zero-order chi connectivity index (χ0) is 12.8. The standard InChI is InChI=1S/C12H17ClN2O2/c1-4-5-14-12(16)15-10-7-9(13)6-8(2)11(10)17-3/h6-7H,4-5H2,1-3H3,(H2,14,15,16). The molecule has 4 nitrogen and oxygen atoms in total. The van der Waals surface area contributed by atoms with Gasteiger partial charge in [-0.1, -0.05) is 18.5 Å². The van der Waals surface area contributed by atoms with E-state index in [1.165, 1.54) is 0 Å². The fourth-order valence-corrected chi connectivity index (χ4v) is 1.77. The molecule has 0 heterocycles. The third kappa shape index (κ3) is 3.82. The van der Waals surface area contributed by atoms with Crippen LogP contribution in [0.5, 0.6) is 5.75 Å². The molecule has 0 spiro atoms. The molecule has 17 heavy (non-hydrogen) atoms. The quantitative estimate of drug-likeness (QED) is 0.869. The maximum atomic E-state index is 11.5. The molecule has 1 aromatic carbocycles. The predicted molar refractivity (Wildman–Crippen MR) is 70.1 cm³/mol. The number of hydrogen-bond donors (Lipinski definition) is 2. The first-order valence-corrected chi connectivity index (χ1v) is 5.85. The second-order valence-electron chi connectivity index (χ2n) is 3.68. The lowest BCUT2D eigenvalue weighted by atomic mass is 10.2. The monoisotopic (exact) mass is 256 g/mol. The molecule has 1 rings (SSSR count). The Balaban J connectivity index is 2.85. The van der Waals surface area contributed by atoms with Crippen LogP contribution < -0.4 is 15.4 Å². The molecule has 94 valence electrons. The summed E-state index contributed by atoms with van der Waals surface area (Å²) in [6, 6.07) is 3.20. The molecule has 5 heteroatoms. The molecule has 2 N–H and O–H groups in total. The minimum atomic E-state index is -0.258. The van der Waals surface area contributed by atoms with E-state index in [-0.39, 0.29) is 6.03 Å². The van der Waals surface area contributed by atoms with Crippen molar-refractivity contribution in [3.8, 4) is 5.75 Å². The number of aryl methyl sites for hydroxylation is 1. The molecule has 0 bridgehead atoms. The number of carbonyl (C=O) groups excluding carboxylic acids is 1. The lowest BCUT2D eigenvalue weighted by Crippen LogP contribution is -2.29. The largest absolute Gasteiger partial charge is 0.494 e. The summed E-state index contributed by atoms with van der Waals surface area (Å²) in [6.07, 6.45) is 0.888. The van der Waals surface area contributed by atoms with Gasteiger partial charge in [0.25, 0.3) is 0 Å². The molecule has 0 unspecified atom stereocenters. The van der Waals surface area contributed by atoms with Crippen molar-refractivity contribution in [2.24, 2.45) is 0 Å². The summed E-state index contributed by atoms with van der Waals surface area (Å²) < 4.78 is 5.24. The van der Waals surface area contributed by atoms with E-state index in [2.05, 4.69) is 10.6 Å². The highest BCUT2D eigenvalue weighted by molar-refractivity contribution is 6.31. The second-order valence-corrected chi connectivity index (χ2v) is 4.12. The third-order valence-electron chi connectivity index (χ3n) is 2.23. The van der Waals surface area contributed by atoms with E-state index in [0.717, 1.165) is 12.0 Å². The number of rotatable bonds is 4.